The highest BCUT2D eigenvalue weighted by Crippen LogP contribution is 2.70. The van der Waals surface area contributed by atoms with E-state index in [1.54, 1.807) is 0 Å². The van der Waals surface area contributed by atoms with Crippen LogP contribution in [-0.4, -0.2) is 23.3 Å². The van der Waals surface area contributed by atoms with E-state index in [0.29, 0.717) is 30.0 Å². The van der Waals surface area contributed by atoms with Gasteiger partial charge in [0.25, 0.3) is 0 Å². The summed E-state index contributed by atoms with van der Waals surface area (Å²) >= 11 is 0. The van der Waals surface area contributed by atoms with E-state index < -0.39 is 11.4 Å². The summed E-state index contributed by atoms with van der Waals surface area (Å²) < 4.78 is 12.6. The molecule has 146 valence electrons. The minimum atomic E-state index is -0.814. The maximum atomic E-state index is 12.0. The van der Waals surface area contributed by atoms with Gasteiger partial charge in [-0.05, 0) is 81.6 Å². The molecule has 0 aromatic carbocycles. The zero-order valence-electron chi connectivity index (χ0n) is 17.0. The molecule has 0 N–H and O–H groups in total. The van der Waals surface area contributed by atoms with Crippen molar-refractivity contribution >= 4 is 5.78 Å². The first-order valence-electron chi connectivity index (χ1n) is 10.7. The maximum Gasteiger partial charge on any atom is 0.189 e. The Morgan fingerprint density at radius 1 is 1.11 bits per heavy atom. The van der Waals surface area contributed by atoms with Crippen LogP contribution in [0.3, 0.4) is 0 Å². The molecule has 4 nitrogen and oxygen atoms in total. The molecule has 0 amide bonds. The van der Waals surface area contributed by atoms with Crippen molar-refractivity contribution in [2.45, 2.75) is 90.1 Å². The van der Waals surface area contributed by atoms with E-state index in [1.165, 1.54) is 5.57 Å². The molecule has 5 rings (SSSR count). The molecule has 0 aromatic heterocycles. The highest BCUT2D eigenvalue weighted by atomic mass is 16.8. The van der Waals surface area contributed by atoms with Crippen LogP contribution in [0.5, 0.6) is 0 Å². The molecular weight excluding hydrogens is 338 g/mol. The van der Waals surface area contributed by atoms with Gasteiger partial charge in [-0.25, -0.2) is 0 Å². The van der Waals surface area contributed by atoms with Crippen LogP contribution in [0.25, 0.3) is 0 Å². The highest BCUT2D eigenvalue weighted by molar-refractivity contribution is 5.91. The number of ketones is 1. The van der Waals surface area contributed by atoms with E-state index in [1.807, 2.05) is 19.9 Å². The van der Waals surface area contributed by atoms with E-state index in [4.69, 9.17) is 9.47 Å². The summed E-state index contributed by atoms with van der Waals surface area (Å²) in [6, 6.07) is 2.60. The lowest BCUT2D eigenvalue weighted by Gasteiger charge is -2.58. The van der Waals surface area contributed by atoms with Crippen molar-refractivity contribution in [3.63, 3.8) is 0 Å². The zero-order valence-corrected chi connectivity index (χ0v) is 17.0. The van der Waals surface area contributed by atoms with Crippen LogP contribution in [0.1, 0.15) is 72.6 Å². The average Bonchev–Trinajstić information content (AvgIpc) is 3.01. The molecule has 4 fully saturated rings. The maximum absolute atomic E-state index is 12.0. The Balaban J connectivity index is 1.52. The predicted molar refractivity (Wildman–Crippen MR) is 100 cm³/mol. The van der Waals surface area contributed by atoms with Crippen molar-refractivity contribution < 1.29 is 14.3 Å². The summed E-state index contributed by atoms with van der Waals surface area (Å²) in [7, 11) is 0. The Labute approximate surface area is 162 Å². The second kappa shape index (κ2) is 5.24. The van der Waals surface area contributed by atoms with Crippen molar-refractivity contribution in [3.05, 3.63) is 11.6 Å². The summed E-state index contributed by atoms with van der Waals surface area (Å²) in [5, 5.41) is 10.2. The van der Waals surface area contributed by atoms with Crippen LogP contribution in [0.4, 0.5) is 0 Å². The molecule has 7 atom stereocenters. The Hall–Kier alpha value is -1.18. The molecule has 0 spiro atoms. The van der Waals surface area contributed by atoms with Crippen molar-refractivity contribution in [1.29, 1.82) is 5.26 Å². The van der Waals surface area contributed by atoms with E-state index in [9.17, 15) is 10.1 Å². The van der Waals surface area contributed by atoms with Crippen LogP contribution in [0.15, 0.2) is 11.6 Å². The number of carbonyl (C=O) groups excluding carboxylic acids is 1. The lowest BCUT2D eigenvalue weighted by atomic mass is 9.46. The molecule has 1 heterocycles. The highest BCUT2D eigenvalue weighted by Gasteiger charge is 2.73. The molecule has 4 aliphatic carbocycles. The second-order valence-electron chi connectivity index (χ2n) is 10.6. The molecule has 0 radical (unpaired) electrons. The molecule has 27 heavy (non-hydrogen) atoms. The number of hydrogen-bond donors (Lipinski definition) is 0. The fourth-order valence-corrected chi connectivity index (χ4v) is 7.83. The minimum Gasteiger partial charge on any atom is -0.343 e. The van der Waals surface area contributed by atoms with Gasteiger partial charge < -0.3 is 9.47 Å². The quantitative estimate of drug-likeness (QED) is 0.629. The SMILES string of the molecule is CC1(C)O[C@@H]2C[C@@H]3[C@@H]4CCC5=CC(=O)CC[C@]5(C)[C@H]4CC[C@]3(C)[C@]2(C#N)O1. The largest absolute Gasteiger partial charge is 0.343 e. The third kappa shape index (κ3) is 2.08. The predicted octanol–water partition coefficient (Wildman–Crippen LogP) is 4.54. The first-order valence-corrected chi connectivity index (χ1v) is 10.7. The van der Waals surface area contributed by atoms with E-state index >= 15 is 0 Å². The number of rotatable bonds is 0. The monoisotopic (exact) mass is 369 g/mol. The van der Waals surface area contributed by atoms with Gasteiger partial charge in [-0.3, -0.25) is 4.79 Å². The van der Waals surface area contributed by atoms with Crippen molar-refractivity contribution in [1.82, 2.24) is 0 Å². The molecular formula is C23H31NO3. The van der Waals surface area contributed by atoms with Crippen molar-refractivity contribution in [2.24, 2.45) is 28.6 Å². The van der Waals surface area contributed by atoms with Crippen LogP contribution < -0.4 is 0 Å². The summed E-state index contributed by atoms with van der Waals surface area (Å²) in [6.45, 7) is 8.56. The number of fused-ring (bicyclic) bond motifs is 7. The van der Waals surface area contributed by atoms with Crippen LogP contribution in [-0.2, 0) is 14.3 Å². The summed E-state index contributed by atoms with van der Waals surface area (Å²) in [5.41, 5.74) is 0.594. The number of ether oxygens (including phenoxy) is 2. The first kappa shape index (κ1) is 17.9. The van der Waals surface area contributed by atoms with Gasteiger partial charge in [-0.1, -0.05) is 19.4 Å². The lowest BCUT2D eigenvalue weighted by molar-refractivity contribution is -0.200. The van der Waals surface area contributed by atoms with Gasteiger partial charge in [0.2, 0.25) is 0 Å². The Kier molecular flexibility index (Phi) is 3.47. The van der Waals surface area contributed by atoms with Gasteiger partial charge in [-0.2, -0.15) is 5.26 Å². The Bertz CT molecular complexity index is 779. The first-order chi connectivity index (χ1) is 12.7. The summed E-state index contributed by atoms with van der Waals surface area (Å²) in [4.78, 5) is 12.0. The molecule has 0 bridgehead atoms. The van der Waals surface area contributed by atoms with Crippen LogP contribution in [0, 0.1) is 39.9 Å². The van der Waals surface area contributed by atoms with Gasteiger partial charge in [0.05, 0.1) is 0 Å². The van der Waals surface area contributed by atoms with Gasteiger partial charge in [0.1, 0.15) is 12.2 Å². The van der Waals surface area contributed by atoms with E-state index in [-0.39, 0.29) is 16.9 Å². The minimum absolute atomic E-state index is 0.121. The van der Waals surface area contributed by atoms with E-state index in [2.05, 4.69) is 19.9 Å². The third-order valence-electron chi connectivity index (χ3n) is 9.12. The number of hydrogen-bond acceptors (Lipinski definition) is 4. The van der Waals surface area contributed by atoms with Gasteiger partial charge in [-0.15, -0.1) is 0 Å². The topological polar surface area (TPSA) is 59.3 Å². The average molecular weight is 370 g/mol. The van der Waals surface area contributed by atoms with Gasteiger partial charge in [0, 0.05) is 11.8 Å². The number of nitrogens with zero attached hydrogens (tertiary/aromatic N) is 1. The van der Waals surface area contributed by atoms with E-state index in [0.717, 1.165) is 38.5 Å². The van der Waals surface area contributed by atoms with Crippen LogP contribution >= 0.6 is 0 Å². The van der Waals surface area contributed by atoms with Crippen molar-refractivity contribution in [2.75, 3.05) is 0 Å². The normalized spacial score (nSPS) is 52.9. The number of carbonyl (C=O) groups is 1. The van der Waals surface area contributed by atoms with Crippen molar-refractivity contribution in [3.8, 4) is 6.07 Å². The lowest BCUT2D eigenvalue weighted by Crippen LogP contribution is -2.56. The van der Waals surface area contributed by atoms with Gasteiger partial charge >= 0.3 is 0 Å². The third-order valence-corrected chi connectivity index (χ3v) is 9.12. The Morgan fingerprint density at radius 2 is 1.89 bits per heavy atom. The summed E-state index contributed by atoms with van der Waals surface area (Å²) in [6.07, 6.45) is 8.77. The smallest absolute Gasteiger partial charge is 0.189 e. The molecule has 0 aromatic rings. The zero-order chi connectivity index (χ0) is 19.2. The summed E-state index contributed by atoms with van der Waals surface area (Å²) in [5.74, 6) is 1.32. The fourth-order valence-electron chi connectivity index (χ4n) is 7.83. The number of nitriles is 1. The standard InChI is InChI=1S/C23H31NO3/c1-20(2)26-19-12-18-16-6-5-14-11-15(25)7-9-21(14,3)17(16)8-10-22(18,4)23(19,13-24)27-20/h11,16-19H,5-10,12H2,1-4H3/t16-,17+,18-,19-,21+,22+,23-/m1/s1. The van der Waals surface area contributed by atoms with Crippen LogP contribution in [0.2, 0.25) is 0 Å². The molecule has 1 aliphatic heterocycles. The Morgan fingerprint density at radius 3 is 2.63 bits per heavy atom. The fraction of sp³-hybridized carbons (Fsp3) is 0.826. The number of allylic oxidation sites excluding steroid dienone is 1. The molecule has 0 unspecified atom stereocenters. The second-order valence-corrected chi connectivity index (χ2v) is 10.6. The molecule has 1 saturated heterocycles. The molecule has 3 saturated carbocycles. The molecule has 4 heteroatoms. The van der Waals surface area contributed by atoms with Gasteiger partial charge in [0.15, 0.2) is 17.2 Å². The molecule has 5 aliphatic rings.